The summed E-state index contributed by atoms with van der Waals surface area (Å²) in [4.78, 5) is 2.43. The van der Waals surface area contributed by atoms with E-state index in [0.29, 0.717) is 12.1 Å². The van der Waals surface area contributed by atoms with Gasteiger partial charge in [0.25, 0.3) is 0 Å². The van der Waals surface area contributed by atoms with Crippen LogP contribution < -0.4 is 10.2 Å². The number of piperazine rings is 1. The number of hydrogen-bond acceptors (Lipinski definition) is 2. The van der Waals surface area contributed by atoms with Crippen molar-refractivity contribution in [2.75, 3.05) is 18.0 Å². The summed E-state index contributed by atoms with van der Waals surface area (Å²) in [5, 5.41) is 5.10. The Morgan fingerprint density at radius 2 is 1.52 bits per heavy atom. The van der Waals surface area contributed by atoms with Crippen molar-refractivity contribution in [3.8, 4) is 0 Å². The first-order chi connectivity index (χ1) is 10.1. The molecule has 0 saturated carbocycles. The molecule has 1 N–H and O–H groups in total. The third-order valence-electron chi connectivity index (χ3n) is 3.92. The maximum Gasteiger partial charge on any atom is 0.0667 e. The monoisotopic (exact) mass is 320 g/mol. The van der Waals surface area contributed by atoms with E-state index in [1.54, 1.807) is 0 Å². The molecule has 0 bridgehead atoms. The molecule has 0 amide bonds. The molecule has 1 unspecified atom stereocenters. The molecule has 2 aromatic rings. The number of rotatable bonds is 2. The van der Waals surface area contributed by atoms with Crippen LogP contribution >= 0.6 is 23.2 Å². The Balaban J connectivity index is 1.92. The van der Waals surface area contributed by atoms with Crippen LogP contribution in [0.1, 0.15) is 18.5 Å². The fourth-order valence-electron chi connectivity index (χ4n) is 2.81. The van der Waals surface area contributed by atoms with E-state index in [2.05, 4.69) is 41.4 Å². The van der Waals surface area contributed by atoms with Crippen LogP contribution in [0, 0.1) is 0 Å². The van der Waals surface area contributed by atoms with Crippen molar-refractivity contribution in [2.24, 2.45) is 0 Å². The van der Waals surface area contributed by atoms with Crippen molar-refractivity contribution >= 4 is 28.9 Å². The second-order valence-corrected chi connectivity index (χ2v) is 6.38. The minimum atomic E-state index is 0.305. The van der Waals surface area contributed by atoms with Gasteiger partial charge in [0, 0.05) is 34.9 Å². The molecule has 1 aliphatic rings. The minimum absolute atomic E-state index is 0.305. The average Bonchev–Trinajstić information content (AvgIpc) is 2.49. The highest BCUT2D eigenvalue weighted by molar-refractivity contribution is 6.30. The molecular formula is C17H18Cl2N2. The van der Waals surface area contributed by atoms with Crippen molar-refractivity contribution in [3.63, 3.8) is 0 Å². The lowest BCUT2D eigenvalue weighted by atomic mass is 10.0. The smallest absolute Gasteiger partial charge is 0.0667 e. The number of hydrogen-bond donors (Lipinski definition) is 1. The quantitative estimate of drug-likeness (QED) is 0.874. The summed E-state index contributed by atoms with van der Waals surface area (Å²) in [7, 11) is 0. The van der Waals surface area contributed by atoms with E-state index in [-0.39, 0.29) is 0 Å². The van der Waals surface area contributed by atoms with Gasteiger partial charge in [-0.15, -0.1) is 0 Å². The van der Waals surface area contributed by atoms with Gasteiger partial charge in [-0.05, 0) is 48.9 Å². The van der Waals surface area contributed by atoms with Crippen LogP contribution in [0.2, 0.25) is 10.0 Å². The second-order valence-electron chi connectivity index (χ2n) is 5.51. The zero-order chi connectivity index (χ0) is 14.8. The minimum Gasteiger partial charge on any atom is -0.362 e. The van der Waals surface area contributed by atoms with Gasteiger partial charge in [0.15, 0.2) is 0 Å². The molecule has 110 valence electrons. The summed E-state index contributed by atoms with van der Waals surface area (Å²) in [6, 6.07) is 17.0. The van der Waals surface area contributed by atoms with Crippen molar-refractivity contribution in [3.05, 3.63) is 64.1 Å². The number of nitrogens with one attached hydrogen (secondary N) is 1. The van der Waals surface area contributed by atoms with Gasteiger partial charge in [0.1, 0.15) is 0 Å². The number of anilines is 1. The number of nitrogens with zero attached hydrogens (tertiary/aromatic N) is 1. The Kier molecular flexibility index (Phi) is 4.39. The van der Waals surface area contributed by atoms with Crippen molar-refractivity contribution < 1.29 is 0 Å². The number of halogens is 2. The molecule has 2 aromatic carbocycles. The lowest BCUT2D eigenvalue weighted by Crippen LogP contribution is -2.51. The maximum atomic E-state index is 6.00. The van der Waals surface area contributed by atoms with Gasteiger partial charge < -0.3 is 10.2 Å². The van der Waals surface area contributed by atoms with Crippen molar-refractivity contribution in [2.45, 2.75) is 19.0 Å². The van der Waals surface area contributed by atoms with Gasteiger partial charge in [0.2, 0.25) is 0 Å². The van der Waals surface area contributed by atoms with Gasteiger partial charge in [-0.1, -0.05) is 35.3 Å². The van der Waals surface area contributed by atoms with Gasteiger partial charge in [0.05, 0.1) is 6.04 Å². The van der Waals surface area contributed by atoms with E-state index >= 15 is 0 Å². The summed E-state index contributed by atoms with van der Waals surface area (Å²) >= 11 is 12.0. The summed E-state index contributed by atoms with van der Waals surface area (Å²) in [5.74, 6) is 0. The fraction of sp³-hybridized carbons (Fsp3) is 0.294. The first-order valence-corrected chi connectivity index (χ1v) is 7.90. The van der Waals surface area contributed by atoms with Crippen LogP contribution in [0.15, 0.2) is 48.5 Å². The molecule has 3 rings (SSSR count). The molecule has 0 aromatic heterocycles. The van der Waals surface area contributed by atoms with Gasteiger partial charge in [-0.25, -0.2) is 0 Å². The van der Waals surface area contributed by atoms with Crippen molar-refractivity contribution in [1.29, 1.82) is 0 Å². The van der Waals surface area contributed by atoms with E-state index in [1.165, 1.54) is 11.3 Å². The summed E-state index contributed by atoms with van der Waals surface area (Å²) in [6.07, 6.45) is 0. The van der Waals surface area contributed by atoms with Crippen molar-refractivity contribution in [1.82, 2.24) is 5.32 Å². The molecule has 0 aliphatic carbocycles. The molecule has 1 heterocycles. The summed E-state index contributed by atoms with van der Waals surface area (Å²) < 4.78 is 0. The summed E-state index contributed by atoms with van der Waals surface area (Å²) in [6.45, 7) is 4.10. The number of benzene rings is 2. The van der Waals surface area contributed by atoms with Gasteiger partial charge in [-0.2, -0.15) is 0 Å². The van der Waals surface area contributed by atoms with Gasteiger partial charge in [-0.3, -0.25) is 0 Å². The van der Waals surface area contributed by atoms with E-state index in [1.807, 2.05) is 24.3 Å². The Bertz CT molecular complexity index is 595. The normalized spacial score (nSPS) is 22.3. The third kappa shape index (κ3) is 3.34. The Morgan fingerprint density at radius 3 is 2.14 bits per heavy atom. The Morgan fingerprint density at radius 1 is 0.952 bits per heavy atom. The Labute approximate surface area is 135 Å². The molecule has 0 radical (unpaired) electrons. The molecule has 21 heavy (non-hydrogen) atoms. The molecule has 2 nitrogen and oxygen atoms in total. The topological polar surface area (TPSA) is 15.3 Å². The zero-order valence-corrected chi connectivity index (χ0v) is 13.4. The van der Waals surface area contributed by atoms with Gasteiger partial charge >= 0.3 is 0 Å². The van der Waals surface area contributed by atoms with E-state index in [9.17, 15) is 0 Å². The van der Waals surface area contributed by atoms with Crippen LogP contribution in [0.5, 0.6) is 0 Å². The van der Waals surface area contributed by atoms with Crippen LogP contribution in [0.4, 0.5) is 5.69 Å². The zero-order valence-electron chi connectivity index (χ0n) is 11.9. The van der Waals surface area contributed by atoms with E-state index < -0.39 is 0 Å². The highest BCUT2D eigenvalue weighted by Gasteiger charge is 2.27. The molecule has 2 atom stereocenters. The largest absolute Gasteiger partial charge is 0.362 e. The SMILES string of the molecule is C[C@@H]1CN(c2ccc(Cl)cc2)C(c2ccc(Cl)cc2)CN1. The molecular weight excluding hydrogens is 303 g/mol. The predicted octanol–water partition coefficient (Wildman–Crippen LogP) is 4.53. The highest BCUT2D eigenvalue weighted by Crippen LogP contribution is 2.30. The fourth-order valence-corrected chi connectivity index (χ4v) is 3.06. The van der Waals surface area contributed by atoms with Crippen LogP contribution in [-0.2, 0) is 0 Å². The highest BCUT2D eigenvalue weighted by atomic mass is 35.5. The lowest BCUT2D eigenvalue weighted by Gasteiger charge is -2.41. The first-order valence-electron chi connectivity index (χ1n) is 7.14. The Hall–Kier alpha value is -1.22. The van der Waals surface area contributed by atoms with E-state index in [4.69, 9.17) is 23.2 Å². The summed E-state index contributed by atoms with van der Waals surface area (Å²) in [5.41, 5.74) is 2.47. The maximum absolute atomic E-state index is 6.00. The molecule has 1 fully saturated rings. The third-order valence-corrected chi connectivity index (χ3v) is 4.42. The standard InChI is InChI=1S/C17H18Cl2N2/c1-12-11-21(16-8-6-15(19)7-9-16)17(10-20-12)13-2-4-14(18)5-3-13/h2-9,12,17,20H,10-11H2,1H3/t12-,17?/m1/s1. The second kappa shape index (κ2) is 6.27. The van der Waals surface area contributed by atoms with Crippen LogP contribution in [-0.4, -0.2) is 19.1 Å². The molecule has 4 heteroatoms. The molecule has 1 saturated heterocycles. The average molecular weight is 321 g/mol. The first kappa shape index (κ1) is 14.7. The van der Waals surface area contributed by atoms with Crippen LogP contribution in [0.25, 0.3) is 0 Å². The molecule has 1 aliphatic heterocycles. The van der Waals surface area contributed by atoms with Crippen LogP contribution in [0.3, 0.4) is 0 Å². The predicted molar refractivity (Wildman–Crippen MR) is 90.5 cm³/mol. The van der Waals surface area contributed by atoms with E-state index in [0.717, 1.165) is 23.1 Å². The molecule has 0 spiro atoms. The lowest BCUT2D eigenvalue weighted by molar-refractivity contribution is 0.416.